The van der Waals surface area contributed by atoms with E-state index in [-0.39, 0.29) is 12.3 Å². The van der Waals surface area contributed by atoms with Gasteiger partial charge >= 0.3 is 0 Å². The van der Waals surface area contributed by atoms with Crippen LogP contribution in [0.25, 0.3) is 0 Å². The van der Waals surface area contributed by atoms with Crippen molar-refractivity contribution < 1.29 is 4.79 Å². The number of carbonyl (C=O) groups is 1. The van der Waals surface area contributed by atoms with Gasteiger partial charge in [-0.2, -0.15) is 10.5 Å². The minimum Gasteiger partial charge on any atom is -0.340 e. The molecule has 104 valence electrons. The fourth-order valence-electron chi connectivity index (χ4n) is 2.02. The van der Waals surface area contributed by atoms with Crippen molar-refractivity contribution in [1.29, 1.82) is 10.5 Å². The zero-order chi connectivity index (χ0) is 15.0. The third-order valence-electron chi connectivity index (χ3n) is 2.90. The molecule has 1 atom stereocenters. The lowest BCUT2D eigenvalue weighted by Crippen LogP contribution is -2.38. The second-order valence-corrected chi connectivity index (χ2v) is 5.06. The molecule has 0 heterocycles. The average molecular weight is 269 g/mol. The highest BCUT2D eigenvalue weighted by Crippen LogP contribution is 2.18. The number of benzene rings is 1. The van der Waals surface area contributed by atoms with Crippen molar-refractivity contribution in [2.75, 3.05) is 13.1 Å². The second kappa shape index (κ2) is 7.96. The molecule has 0 spiro atoms. The van der Waals surface area contributed by atoms with Crippen LogP contribution in [0.4, 0.5) is 0 Å². The van der Waals surface area contributed by atoms with E-state index in [1.807, 2.05) is 38.1 Å². The molecule has 1 amide bonds. The van der Waals surface area contributed by atoms with E-state index in [0.717, 1.165) is 0 Å². The minimum absolute atomic E-state index is 0.220. The Hall–Kier alpha value is -2.33. The van der Waals surface area contributed by atoms with Gasteiger partial charge in [0.05, 0.1) is 18.6 Å². The van der Waals surface area contributed by atoms with Gasteiger partial charge in [-0.3, -0.25) is 4.79 Å². The van der Waals surface area contributed by atoms with Gasteiger partial charge in [0.25, 0.3) is 0 Å². The van der Waals surface area contributed by atoms with E-state index in [2.05, 4.69) is 6.07 Å². The van der Waals surface area contributed by atoms with Gasteiger partial charge in [0.1, 0.15) is 5.92 Å². The number of amides is 1. The first-order valence-electron chi connectivity index (χ1n) is 6.70. The summed E-state index contributed by atoms with van der Waals surface area (Å²) in [6.45, 7) is 4.96. The summed E-state index contributed by atoms with van der Waals surface area (Å²) in [7, 11) is 0. The van der Waals surface area contributed by atoms with Crippen LogP contribution in [0.5, 0.6) is 0 Å². The lowest BCUT2D eigenvalue weighted by molar-refractivity contribution is -0.132. The standard InChI is InChI=1S/C16H19N3O/c1-13(2)12-19(10-6-9-17)16(20)15(11-18)14-7-4-3-5-8-14/h3-5,7-8,13,15H,6,10,12H2,1-2H3. The van der Waals surface area contributed by atoms with Crippen LogP contribution in [-0.2, 0) is 4.79 Å². The van der Waals surface area contributed by atoms with Crippen LogP contribution in [0.3, 0.4) is 0 Å². The molecule has 0 saturated carbocycles. The highest BCUT2D eigenvalue weighted by atomic mass is 16.2. The van der Waals surface area contributed by atoms with E-state index in [1.165, 1.54) is 0 Å². The number of hydrogen-bond acceptors (Lipinski definition) is 3. The largest absolute Gasteiger partial charge is 0.340 e. The Labute approximate surface area is 120 Å². The van der Waals surface area contributed by atoms with Gasteiger partial charge in [-0.05, 0) is 11.5 Å². The van der Waals surface area contributed by atoms with Gasteiger partial charge in [0, 0.05) is 13.1 Å². The summed E-state index contributed by atoms with van der Waals surface area (Å²) in [5.41, 5.74) is 0.700. The summed E-state index contributed by atoms with van der Waals surface area (Å²) in [5.74, 6) is -0.718. The Balaban J connectivity index is 2.91. The summed E-state index contributed by atoms with van der Waals surface area (Å²) in [6, 6.07) is 13.2. The average Bonchev–Trinajstić information content (AvgIpc) is 2.45. The molecular weight excluding hydrogens is 250 g/mol. The van der Waals surface area contributed by atoms with Crippen LogP contribution in [0.15, 0.2) is 30.3 Å². The Morgan fingerprint density at radius 1 is 1.25 bits per heavy atom. The van der Waals surface area contributed by atoms with E-state index < -0.39 is 5.92 Å². The van der Waals surface area contributed by atoms with Gasteiger partial charge in [-0.1, -0.05) is 44.2 Å². The summed E-state index contributed by atoms with van der Waals surface area (Å²) in [4.78, 5) is 14.1. The van der Waals surface area contributed by atoms with Gasteiger partial charge in [-0.25, -0.2) is 0 Å². The van der Waals surface area contributed by atoms with E-state index in [0.29, 0.717) is 24.6 Å². The molecule has 4 nitrogen and oxygen atoms in total. The van der Waals surface area contributed by atoms with Crippen LogP contribution in [-0.4, -0.2) is 23.9 Å². The predicted molar refractivity (Wildman–Crippen MR) is 76.4 cm³/mol. The number of carbonyl (C=O) groups excluding carboxylic acids is 1. The van der Waals surface area contributed by atoms with E-state index in [9.17, 15) is 10.1 Å². The van der Waals surface area contributed by atoms with E-state index in [4.69, 9.17) is 5.26 Å². The van der Waals surface area contributed by atoms with Crippen LogP contribution >= 0.6 is 0 Å². The molecule has 1 unspecified atom stereocenters. The maximum absolute atomic E-state index is 12.5. The van der Waals surface area contributed by atoms with Crippen LogP contribution < -0.4 is 0 Å². The first-order valence-corrected chi connectivity index (χ1v) is 6.70. The van der Waals surface area contributed by atoms with Gasteiger partial charge in [-0.15, -0.1) is 0 Å². The summed E-state index contributed by atoms with van der Waals surface area (Å²) < 4.78 is 0. The van der Waals surface area contributed by atoms with Gasteiger partial charge < -0.3 is 4.90 Å². The smallest absolute Gasteiger partial charge is 0.244 e. The van der Waals surface area contributed by atoms with Crippen LogP contribution in [0.1, 0.15) is 31.7 Å². The van der Waals surface area contributed by atoms with E-state index in [1.54, 1.807) is 17.0 Å². The lowest BCUT2D eigenvalue weighted by Gasteiger charge is -2.25. The first-order chi connectivity index (χ1) is 9.60. The maximum Gasteiger partial charge on any atom is 0.244 e. The van der Waals surface area contributed by atoms with Crippen molar-refractivity contribution in [2.24, 2.45) is 5.92 Å². The molecule has 20 heavy (non-hydrogen) atoms. The predicted octanol–water partition coefficient (Wildman–Crippen LogP) is 2.69. The molecule has 0 N–H and O–H groups in total. The van der Waals surface area contributed by atoms with E-state index >= 15 is 0 Å². The first kappa shape index (κ1) is 15.7. The molecule has 0 bridgehead atoms. The fraction of sp³-hybridized carbons (Fsp3) is 0.438. The number of rotatable bonds is 6. The van der Waals surface area contributed by atoms with Crippen molar-refractivity contribution in [2.45, 2.75) is 26.2 Å². The molecule has 0 aliphatic heterocycles. The highest BCUT2D eigenvalue weighted by Gasteiger charge is 2.25. The molecule has 0 aliphatic rings. The van der Waals surface area contributed by atoms with Crippen LogP contribution in [0.2, 0.25) is 0 Å². The van der Waals surface area contributed by atoms with Crippen molar-refractivity contribution in [3.05, 3.63) is 35.9 Å². The normalized spacial score (nSPS) is 11.4. The molecule has 0 aromatic heterocycles. The minimum atomic E-state index is -0.798. The van der Waals surface area contributed by atoms with Crippen molar-refractivity contribution >= 4 is 5.91 Å². The molecule has 0 saturated heterocycles. The fourth-order valence-corrected chi connectivity index (χ4v) is 2.02. The third-order valence-corrected chi connectivity index (χ3v) is 2.90. The third kappa shape index (κ3) is 4.40. The van der Waals surface area contributed by atoms with Crippen molar-refractivity contribution in [3.63, 3.8) is 0 Å². The lowest BCUT2D eigenvalue weighted by atomic mass is 9.98. The Kier molecular flexibility index (Phi) is 6.26. The number of hydrogen-bond donors (Lipinski definition) is 0. The summed E-state index contributed by atoms with van der Waals surface area (Å²) >= 11 is 0. The number of nitrogens with zero attached hydrogens (tertiary/aromatic N) is 3. The molecule has 1 aromatic rings. The Morgan fingerprint density at radius 2 is 1.90 bits per heavy atom. The van der Waals surface area contributed by atoms with Gasteiger partial charge in [0.2, 0.25) is 5.91 Å². The molecule has 1 rings (SSSR count). The molecular formula is C16H19N3O. The highest BCUT2D eigenvalue weighted by molar-refractivity contribution is 5.86. The Bertz CT molecular complexity index is 511. The molecule has 0 fully saturated rings. The molecule has 4 heteroatoms. The molecule has 1 aromatic carbocycles. The van der Waals surface area contributed by atoms with Crippen molar-refractivity contribution in [3.8, 4) is 12.1 Å². The zero-order valence-electron chi connectivity index (χ0n) is 11.9. The summed E-state index contributed by atoms with van der Waals surface area (Å²) in [6.07, 6.45) is 0.283. The quantitative estimate of drug-likeness (QED) is 0.797. The Morgan fingerprint density at radius 3 is 2.40 bits per heavy atom. The summed E-state index contributed by atoms with van der Waals surface area (Å²) in [5, 5.41) is 18.0. The van der Waals surface area contributed by atoms with Gasteiger partial charge in [0.15, 0.2) is 0 Å². The zero-order valence-corrected chi connectivity index (χ0v) is 11.9. The molecule has 0 aliphatic carbocycles. The second-order valence-electron chi connectivity index (χ2n) is 5.06. The SMILES string of the molecule is CC(C)CN(CCC#N)C(=O)C(C#N)c1ccccc1. The van der Waals surface area contributed by atoms with Crippen molar-refractivity contribution in [1.82, 2.24) is 4.90 Å². The monoisotopic (exact) mass is 269 g/mol. The maximum atomic E-state index is 12.5. The van der Waals surface area contributed by atoms with Crippen LogP contribution in [0, 0.1) is 28.6 Å². The topological polar surface area (TPSA) is 67.9 Å². The molecule has 0 radical (unpaired) electrons. The number of nitriles is 2.